The SMILES string of the molecule is CSC(CO)C(C)Nc1ccc(Br)cn1. The van der Waals surface area contributed by atoms with Crippen LogP contribution in [-0.2, 0) is 0 Å². The Balaban J connectivity index is 2.57. The third-order valence-electron chi connectivity index (χ3n) is 2.14. The molecule has 0 aromatic carbocycles. The minimum atomic E-state index is 0.172. The van der Waals surface area contributed by atoms with E-state index in [4.69, 9.17) is 5.11 Å². The zero-order valence-corrected chi connectivity index (χ0v) is 11.2. The largest absolute Gasteiger partial charge is 0.395 e. The first kappa shape index (κ1) is 12.8. The molecule has 0 aliphatic rings. The van der Waals surface area contributed by atoms with Gasteiger partial charge in [-0.3, -0.25) is 0 Å². The van der Waals surface area contributed by atoms with Crippen LogP contribution in [-0.4, -0.2) is 34.2 Å². The Bertz CT molecular complexity index is 290. The van der Waals surface area contributed by atoms with E-state index < -0.39 is 0 Å². The molecule has 3 nitrogen and oxygen atoms in total. The van der Waals surface area contributed by atoms with Gasteiger partial charge in [-0.25, -0.2) is 4.98 Å². The van der Waals surface area contributed by atoms with Crippen LogP contribution in [0.1, 0.15) is 6.92 Å². The number of halogens is 1. The molecule has 0 aliphatic heterocycles. The molecule has 2 N–H and O–H groups in total. The number of rotatable bonds is 5. The molecule has 0 saturated carbocycles. The minimum Gasteiger partial charge on any atom is -0.395 e. The van der Waals surface area contributed by atoms with Crippen molar-refractivity contribution in [3.05, 3.63) is 22.8 Å². The molecule has 2 unspecified atom stereocenters. The van der Waals surface area contributed by atoms with Crippen molar-refractivity contribution in [2.75, 3.05) is 18.2 Å². The highest BCUT2D eigenvalue weighted by atomic mass is 79.9. The van der Waals surface area contributed by atoms with Crippen LogP contribution in [0.5, 0.6) is 0 Å². The van der Waals surface area contributed by atoms with E-state index in [0.29, 0.717) is 0 Å². The van der Waals surface area contributed by atoms with Crippen LogP contribution >= 0.6 is 27.7 Å². The lowest BCUT2D eigenvalue weighted by molar-refractivity contribution is 0.288. The van der Waals surface area contributed by atoms with Crippen molar-refractivity contribution in [1.29, 1.82) is 0 Å². The molecular weight excluding hydrogens is 276 g/mol. The van der Waals surface area contributed by atoms with Gasteiger partial charge in [-0.2, -0.15) is 11.8 Å². The summed E-state index contributed by atoms with van der Waals surface area (Å²) in [4.78, 5) is 4.22. The number of aliphatic hydroxyl groups excluding tert-OH is 1. The van der Waals surface area contributed by atoms with Gasteiger partial charge in [0.2, 0.25) is 0 Å². The van der Waals surface area contributed by atoms with Crippen LogP contribution in [0.2, 0.25) is 0 Å². The van der Waals surface area contributed by atoms with Crippen LogP contribution in [0.4, 0.5) is 5.82 Å². The van der Waals surface area contributed by atoms with Gasteiger partial charge in [0.1, 0.15) is 5.82 Å². The number of anilines is 1. The molecule has 0 bridgehead atoms. The number of thioether (sulfide) groups is 1. The van der Waals surface area contributed by atoms with E-state index >= 15 is 0 Å². The molecule has 15 heavy (non-hydrogen) atoms. The van der Waals surface area contributed by atoms with Crippen molar-refractivity contribution in [3.63, 3.8) is 0 Å². The van der Waals surface area contributed by atoms with Crippen molar-refractivity contribution < 1.29 is 5.11 Å². The van der Waals surface area contributed by atoms with E-state index in [-0.39, 0.29) is 17.9 Å². The molecule has 0 fully saturated rings. The fraction of sp³-hybridized carbons (Fsp3) is 0.500. The van der Waals surface area contributed by atoms with E-state index in [9.17, 15) is 0 Å². The fourth-order valence-corrected chi connectivity index (χ4v) is 2.08. The zero-order chi connectivity index (χ0) is 11.3. The third-order valence-corrected chi connectivity index (χ3v) is 3.78. The van der Waals surface area contributed by atoms with E-state index in [1.807, 2.05) is 25.3 Å². The fourth-order valence-electron chi connectivity index (χ4n) is 1.22. The second-order valence-corrected chi connectivity index (χ2v) is 5.24. The Labute approximate surface area is 103 Å². The van der Waals surface area contributed by atoms with Crippen LogP contribution in [0, 0.1) is 0 Å². The second kappa shape index (κ2) is 6.35. The first-order valence-electron chi connectivity index (χ1n) is 4.69. The number of hydrogen-bond acceptors (Lipinski definition) is 4. The molecule has 0 aliphatic carbocycles. The van der Waals surface area contributed by atoms with Crippen molar-refractivity contribution in [2.24, 2.45) is 0 Å². The van der Waals surface area contributed by atoms with Crippen molar-refractivity contribution in [3.8, 4) is 0 Å². The number of hydrogen-bond donors (Lipinski definition) is 2. The molecule has 1 heterocycles. The van der Waals surface area contributed by atoms with Gasteiger partial charge in [0.05, 0.1) is 6.61 Å². The van der Waals surface area contributed by atoms with Gasteiger partial charge in [0, 0.05) is 22.0 Å². The standard InChI is InChI=1S/C10H15BrN2OS/c1-7(9(6-14)15-2)13-10-4-3-8(11)5-12-10/h3-5,7,9,14H,6H2,1-2H3,(H,12,13). The summed E-state index contributed by atoms with van der Waals surface area (Å²) >= 11 is 4.98. The van der Waals surface area contributed by atoms with Crippen molar-refractivity contribution in [1.82, 2.24) is 4.98 Å². The van der Waals surface area contributed by atoms with Gasteiger partial charge < -0.3 is 10.4 Å². The molecule has 5 heteroatoms. The maximum absolute atomic E-state index is 9.13. The van der Waals surface area contributed by atoms with Gasteiger partial charge in [-0.1, -0.05) is 0 Å². The predicted molar refractivity (Wildman–Crippen MR) is 69.4 cm³/mol. The second-order valence-electron chi connectivity index (χ2n) is 3.25. The number of nitrogens with zero attached hydrogens (tertiary/aromatic N) is 1. The number of aliphatic hydroxyl groups is 1. The summed E-state index contributed by atoms with van der Waals surface area (Å²) in [5.41, 5.74) is 0. The number of aromatic nitrogens is 1. The Hall–Kier alpha value is -0.260. The van der Waals surface area contributed by atoms with Gasteiger partial charge >= 0.3 is 0 Å². The molecule has 0 radical (unpaired) electrons. The molecule has 84 valence electrons. The highest BCUT2D eigenvalue weighted by Crippen LogP contribution is 2.16. The summed E-state index contributed by atoms with van der Waals surface area (Å²) in [7, 11) is 0. The van der Waals surface area contributed by atoms with Gasteiger partial charge in [0.25, 0.3) is 0 Å². The van der Waals surface area contributed by atoms with E-state index in [0.717, 1.165) is 10.3 Å². The first-order chi connectivity index (χ1) is 7.17. The Morgan fingerprint density at radius 1 is 1.60 bits per heavy atom. The zero-order valence-electron chi connectivity index (χ0n) is 8.77. The maximum Gasteiger partial charge on any atom is 0.126 e. The summed E-state index contributed by atoms with van der Waals surface area (Å²) in [5.74, 6) is 0.832. The lowest BCUT2D eigenvalue weighted by Crippen LogP contribution is -2.31. The van der Waals surface area contributed by atoms with Crippen LogP contribution < -0.4 is 5.32 Å². The van der Waals surface area contributed by atoms with Crippen molar-refractivity contribution >= 4 is 33.5 Å². The molecule has 0 spiro atoms. The van der Waals surface area contributed by atoms with Gasteiger partial charge in [-0.05, 0) is 41.2 Å². The first-order valence-corrected chi connectivity index (χ1v) is 6.77. The van der Waals surface area contributed by atoms with Gasteiger partial charge in [0.15, 0.2) is 0 Å². The van der Waals surface area contributed by atoms with Crippen LogP contribution in [0.15, 0.2) is 22.8 Å². The Morgan fingerprint density at radius 2 is 2.33 bits per heavy atom. The summed E-state index contributed by atoms with van der Waals surface area (Å²) in [6.45, 7) is 2.22. The molecule has 1 aromatic heterocycles. The lowest BCUT2D eigenvalue weighted by Gasteiger charge is -2.21. The van der Waals surface area contributed by atoms with Gasteiger partial charge in [-0.15, -0.1) is 0 Å². The highest BCUT2D eigenvalue weighted by Gasteiger charge is 2.14. The average molecular weight is 291 g/mol. The average Bonchev–Trinajstić information content (AvgIpc) is 2.23. The van der Waals surface area contributed by atoms with Crippen LogP contribution in [0.25, 0.3) is 0 Å². The van der Waals surface area contributed by atoms with E-state index in [1.165, 1.54) is 0 Å². The van der Waals surface area contributed by atoms with Crippen molar-refractivity contribution in [2.45, 2.75) is 18.2 Å². The number of pyridine rings is 1. The minimum absolute atomic E-state index is 0.172. The Morgan fingerprint density at radius 3 is 2.80 bits per heavy atom. The molecule has 1 aromatic rings. The van der Waals surface area contributed by atoms with E-state index in [1.54, 1.807) is 18.0 Å². The molecular formula is C10H15BrN2OS. The molecule has 2 atom stereocenters. The monoisotopic (exact) mass is 290 g/mol. The molecule has 0 amide bonds. The molecule has 1 rings (SSSR count). The smallest absolute Gasteiger partial charge is 0.126 e. The lowest BCUT2D eigenvalue weighted by atomic mass is 10.2. The topological polar surface area (TPSA) is 45.1 Å². The molecule has 0 saturated heterocycles. The Kier molecular flexibility index (Phi) is 5.42. The summed E-state index contributed by atoms with van der Waals surface area (Å²) < 4.78 is 0.962. The van der Waals surface area contributed by atoms with Crippen LogP contribution in [0.3, 0.4) is 0 Å². The summed E-state index contributed by atoms with van der Waals surface area (Å²) in [6, 6.07) is 4.04. The highest BCUT2D eigenvalue weighted by molar-refractivity contribution is 9.10. The third kappa shape index (κ3) is 4.01. The number of nitrogens with one attached hydrogen (secondary N) is 1. The summed E-state index contributed by atoms with van der Waals surface area (Å²) in [5, 5.41) is 12.6. The quantitative estimate of drug-likeness (QED) is 0.874. The summed E-state index contributed by atoms with van der Waals surface area (Å²) in [6.07, 6.45) is 3.75. The predicted octanol–water partition coefficient (Wildman–Crippen LogP) is 2.37. The van der Waals surface area contributed by atoms with E-state index in [2.05, 4.69) is 26.2 Å². The normalized spacial score (nSPS) is 14.7. The maximum atomic E-state index is 9.13.